The number of hydrogen-bond donors (Lipinski definition) is 1. The summed E-state index contributed by atoms with van der Waals surface area (Å²) < 4.78 is 24.2. The molecule has 0 unspecified atom stereocenters. The average molecular weight is 321 g/mol. The monoisotopic (exact) mass is 321 g/mol. The highest BCUT2D eigenvalue weighted by molar-refractivity contribution is 7.88. The number of unbranched alkanes of at least 4 members (excludes halogenated alkanes) is 2. The molecule has 8 heteroatoms. The van der Waals surface area contributed by atoms with Crippen LogP contribution in [0.1, 0.15) is 19.3 Å². The van der Waals surface area contributed by atoms with Gasteiger partial charge < -0.3 is 10.0 Å². The topological polar surface area (TPSA) is 81.2 Å². The highest BCUT2D eigenvalue weighted by atomic mass is 32.2. The van der Waals surface area contributed by atoms with Gasteiger partial charge in [-0.05, 0) is 32.9 Å². The molecule has 1 saturated heterocycles. The first-order valence-corrected chi connectivity index (χ1v) is 9.21. The first-order valence-electron chi connectivity index (χ1n) is 7.37. The third-order valence-electron chi connectivity index (χ3n) is 3.66. The van der Waals surface area contributed by atoms with Gasteiger partial charge in [0, 0.05) is 32.8 Å². The second-order valence-electron chi connectivity index (χ2n) is 5.56. The third-order valence-corrected chi connectivity index (χ3v) is 4.97. The molecule has 0 saturated carbocycles. The molecule has 0 aromatic carbocycles. The molecule has 1 rings (SSSR count). The summed E-state index contributed by atoms with van der Waals surface area (Å²) in [4.78, 5) is 15.8. The van der Waals surface area contributed by atoms with Crippen LogP contribution in [-0.4, -0.2) is 92.7 Å². The van der Waals surface area contributed by atoms with Crippen LogP contribution in [0.2, 0.25) is 0 Å². The Labute approximate surface area is 127 Å². The molecule has 0 bridgehead atoms. The summed E-state index contributed by atoms with van der Waals surface area (Å²) in [6, 6.07) is 0. The zero-order valence-electron chi connectivity index (χ0n) is 13.0. The summed E-state index contributed by atoms with van der Waals surface area (Å²) >= 11 is 0. The molecule has 0 spiro atoms. The molecular weight excluding hydrogens is 294 g/mol. The van der Waals surface area contributed by atoms with Gasteiger partial charge in [0.2, 0.25) is 15.9 Å². The van der Waals surface area contributed by atoms with Crippen molar-refractivity contribution >= 4 is 15.9 Å². The number of aliphatic hydroxyl groups is 1. The van der Waals surface area contributed by atoms with Crippen molar-refractivity contribution in [2.75, 3.05) is 59.2 Å². The van der Waals surface area contributed by atoms with E-state index < -0.39 is 10.0 Å². The molecule has 0 aliphatic carbocycles. The van der Waals surface area contributed by atoms with Gasteiger partial charge in [-0.25, -0.2) is 8.42 Å². The fourth-order valence-electron chi connectivity index (χ4n) is 2.35. The van der Waals surface area contributed by atoms with Gasteiger partial charge in [-0.2, -0.15) is 4.31 Å². The minimum absolute atomic E-state index is 0.0489. The number of hydrogen-bond acceptors (Lipinski definition) is 5. The van der Waals surface area contributed by atoms with Gasteiger partial charge >= 0.3 is 0 Å². The Balaban J connectivity index is 2.27. The molecule has 0 radical (unpaired) electrons. The van der Waals surface area contributed by atoms with Crippen LogP contribution >= 0.6 is 0 Å². The van der Waals surface area contributed by atoms with Crippen LogP contribution in [0, 0.1) is 0 Å². The van der Waals surface area contributed by atoms with E-state index in [-0.39, 0.29) is 12.5 Å². The average Bonchev–Trinajstić information content (AvgIpc) is 2.43. The Morgan fingerprint density at radius 3 is 2.29 bits per heavy atom. The smallest absolute Gasteiger partial charge is 0.236 e. The van der Waals surface area contributed by atoms with E-state index in [4.69, 9.17) is 5.11 Å². The number of carbonyl (C=O) groups is 1. The van der Waals surface area contributed by atoms with Crippen LogP contribution < -0.4 is 0 Å². The Bertz CT molecular complexity index is 419. The Kier molecular flexibility index (Phi) is 7.58. The number of sulfonamides is 1. The standard InChI is InChI=1S/C13H27N3O4S/c1-14(6-4-3-5-11-17)12-13(18)15-7-9-16(10-8-15)21(2,19)20/h17H,3-12H2,1-2H3. The van der Waals surface area contributed by atoms with E-state index in [2.05, 4.69) is 0 Å². The normalized spacial score (nSPS) is 17.4. The van der Waals surface area contributed by atoms with Crippen molar-refractivity contribution in [1.29, 1.82) is 0 Å². The van der Waals surface area contributed by atoms with Crippen LogP contribution in [0.3, 0.4) is 0 Å². The predicted octanol–water partition coefficient (Wildman–Crippen LogP) is -0.815. The number of likely N-dealkylation sites (N-methyl/N-ethyl adjacent to an activating group) is 1. The van der Waals surface area contributed by atoms with Gasteiger partial charge in [-0.3, -0.25) is 9.69 Å². The van der Waals surface area contributed by atoms with Gasteiger partial charge in [-0.1, -0.05) is 0 Å². The molecule has 1 aliphatic heterocycles. The minimum atomic E-state index is -3.15. The number of piperazine rings is 1. The van der Waals surface area contributed by atoms with E-state index in [0.717, 1.165) is 25.8 Å². The molecular formula is C13H27N3O4S. The second kappa shape index (κ2) is 8.67. The fraction of sp³-hybridized carbons (Fsp3) is 0.923. The molecule has 1 heterocycles. The molecule has 1 aliphatic rings. The molecule has 0 aromatic heterocycles. The number of aliphatic hydroxyl groups excluding tert-OH is 1. The Morgan fingerprint density at radius 1 is 1.14 bits per heavy atom. The zero-order chi connectivity index (χ0) is 15.9. The van der Waals surface area contributed by atoms with Gasteiger partial charge in [0.05, 0.1) is 12.8 Å². The minimum Gasteiger partial charge on any atom is -0.396 e. The summed E-state index contributed by atoms with van der Waals surface area (Å²) in [6.45, 7) is 3.09. The maximum Gasteiger partial charge on any atom is 0.236 e. The van der Waals surface area contributed by atoms with Crippen LogP contribution in [0.25, 0.3) is 0 Å². The van der Waals surface area contributed by atoms with Gasteiger partial charge in [0.25, 0.3) is 0 Å². The molecule has 1 amide bonds. The molecule has 124 valence electrons. The molecule has 21 heavy (non-hydrogen) atoms. The third kappa shape index (κ3) is 6.73. The largest absolute Gasteiger partial charge is 0.396 e. The van der Waals surface area contributed by atoms with Gasteiger partial charge in [0.15, 0.2) is 0 Å². The first-order chi connectivity index (χ1) is 9.84. The maximum atomic E-state index is 12.1. The number of rotatable bonds is 8. The summed E-state index contributed by atoms with van der Waals surface area (Å²) in [5, 5.41) is 8.70. The van der Waals surface area contributed by atoms with Crippen LogP contribution in [0.4, 0.5) is 0 Å². The lowest BCUT2D eigenvalue weighted by atomic mass is 10.2. The molecule has 0 atom stereocenters. The lowest BCUT2D eigenvalue weighted by Gasteiger charge is -2.34. The Morgan fingerprint density at radius 2 is 1.76 bits per heavy atom. The van der Waals surface area contributed by atoms with E-state index in [9.17, 15) is 13.2 Å². The molecule has 0 aromatic rings. The maximum absolute atomic E-state index is 12.1. The Hall–Kier alpha value is -0.700. The van der Waals surface area contributed by atoms with E-state index in [1.165, 1.54) is 10.6 Å². The second-order valence-corrected chi connectivity index (χ2v) is 7.55. The summed E-state index contributed by atoms with van der Waals surface area (Å²) in [5.41, 5.74) is 0. The van der Waals surface area contributed by atoms with Crippen molar-refractivity contribution in [2.24, 2.45) is 0 Å². The summed E-state index contributed by atoms with van der Waals surface area (Å²) in [7, 11) is -1.24. The lowest BCUT2D eigenvalue weighted by Crippen LogP contribution is -2.52. The van der Waals surface area contributed by atoms with E-state index in [1.807, 2.05) is 11.9 Å². The summed E-state index contributed by atoms with van der Waals surface area (Å²) in [5.74, 6) is 0.0489. The van der Waals surface area contributed by atoms with Crippen LogP contribution in [0.5, 0.6) is 0 Å². The zero-order valence-corrected chi connectivity index (χ0v) is 13.8. The lowest BCUT2D eigenvalue weighted by molar-refractivity contribution is -0.133. The molecule has 1 N–H and O–H groups in total. The van der Waals surface area contributed by atoms with Crippen LogP contribution in [0.15, 0.2) is 0 Å². The SMILES string of the molecule is CN(CCCCCO)CC(=O)N1CCN(S(C)(=O)=O)CC1. The van der Waals surface area contributed by atoms with Crippen molar-refractivity contribution in [2.45, 2.75) is 19.3 Å². The first kappa shape index (κ1) is 18.3. The van der Waals surface area contributed by atoms with Crippen molar-refractivity contribution in [3.8, 4) is 0 Å². The fourth-order valence-corrected chi connectivity index (χ4v) is 3.18. The summed E-state index contributed by atoms with van der Waals surface area (Å²) in [6.07, 6.45) is 3.92. The van der Waals surface area contributed by atoms with Crippen molar-refractivity contribution in [1.82, 2.24) is 14.1 Å². The highest BCUT2D eigenvalue weighted by Crippen LogP contribution is 2.07. The predicted molar refractivity (Wildman–Crippen MR) is 81.4 cm³/mol. The van der Waals surface area contributed by atoms with Gasteiger partial charge in [-0.15, -0.1) is 0 Å². The number of amides is 1. The van der Waals surface area contributed by atoms with Crippen molar-refractivity contribution in [3.05, 3.63) is 0 Å². The highest BCUT2D eigenvalue weighted by Gasteiger charge is 2.26. The molecule has 7 nitrogen and oxygen atoms in total. The van der Waals surface area contributed by atoms with Crippen molar-refractivity contribution < 1.29 is 18.3 Å². The number of carbonyl (C=O) groups excluding carboxylic acids is 1. The van der Waals surface area contributed by atoms with Gasteiger partial charge in [0.1, 0.15) is 0 Å². The quantitative estimate of drug-likeness (QED) is 0.591. The van der Waals surface area contributed by atoms with Crippen LogP contribution in [-0.2, 0) is 14.8 Å². The molecule has 1 fully saturated rings. The van der Waals surface area contributed by atoms with Crippen molar-refractivity contribution in [3.63, 3.8) is 0 Å². The number of nitrogens with zero attached hydrogens (tertiary/aromatic N) is 3. The van der Waals surface area contributed by atoms with E-state index in [1.54, 1.807) is 4.90 Å². The van der Waals surface area contributed by atoms with E-state index in [0.29, 0.717) is 32.7 Å². The van der Waals surface area contributed by atoms with E-state index >= 15 is 0 Å².